The maximum Gasteiger partial charge on any atom is 0.338 e. The van der Waals surface area contributed by atoms with E-state index in [0.717, 1.165) is 42.4 Å². The second-order valence-electron chi connectivity index (χ2n) is 6.53. The van der Waals surface area contributed by atoms with Gasteiger partial charge in [-0.2, -0.15) is 0 Å². The lowest BCUT2D eigenvalue weighted by Crippen LogP contribution is -2.60. The Balaban J connectivity index is 1.90. The number of carbonyl (C=O) groups excluding carboxylic acids is 1. The van der Waals surface area contributed by atoms with Crippen molar-refractivity contribution in [1.82, 2.24) is 0 Å². The monoisotopic (exact) mass is 258 g/mol. The highest BCUT2D eigenvalue weighted by atomic mass is 16.5. The molecule has 1 atom stereocenters. The Bertz CT molecular complexity index is 567. The van der Waals surface area contributed by atoms with Crippen LogP contribution in [0.15, 0.2) is 18.2 Å². The molecule has 0 saturated heterocycles. The highest BCUT2D eigenvalue weighted by Crippen LogP contribution is 2.57. The van der Waals surface area contributed by atoms with Gasteiger partial charge in [-0.1, -0.05) is 17.7 Å². The molecule has 3 nitrogen and oxygen atoms in total. The average Bonchev–Trinajstić information content (AvgIpc) is 2.38. The SMILES string of the molecule is Cc1ccc2c(c1)C(=O)O[C@H]1CC3(O)CCC21CC3. The molecule has 0 aromatic heterocycles. The Kier molecular flexibility index (Phi) is 2.05. The highest BCUT2D eigenvalue weighted by Gasteiger charge is 2.59. The van der Waals surface area contributed by atoms with E-state index in [-0.39, 0.29) is 17.5 Å². The molecule has 1 heterocycles. The van der Waals surface area contributed by atoms with Gasteiger partial charge in [0, 0.05) is 11.8 Å². The first-order valence-corrected chi connectivity index (χ1v) is 7.07. The summed E-state index contributed by atoms with van der Waals surface area (Å²) in [6, 6.07) is 6.13. The van der Waals surface area contributed by atoms with Crippen LogP contribution >= 0.6 is 0 Å². The zero-order chi connectivity index (χ0) is 13.3. The number of aliphatic hydroxyl groups is 1. The first-order valence-electron chi connectivity index (χ1n) is 7.07. The van der Waals surface area contributed by atoms with Crippen LogP contribution in [0.25, 0.3) is 0 Å². The van der Waals surface area contributed by atoms with Gasteiger partial charge in [-0.15, -0.1) is 0 Å². The van der Waals surface area contributed by atoms with Crippen LogP contribution in [0.1, 0.15) is 53.6 Å². The molecule has 19 heavy (non-hydrogen) atoms. The minimum Gasteiger partial charge on any atom is -0.458 e. The molecule has 100 valence electrons. The standard InChI is InChI=1S/C16H18O3/c1-10-2-3-12-11(8-10)14(17)19-13-9-15(18)4-6-16(12,13)7-5-15/h2-3,8,13,18H,4-7,9H2,1H3/t13-,15?,16?/m0/s1. The lowest BCUT2D eigenvalue weighted by Gasteiger charge is -2.57. The Morgan fingerprint density at radius 3 is 2.74 bits per heavy atom. The normalized spacial score (nSPS) is 39.5. The molecule has 2 bridgehead atoms. The molecule has 0 amide bonds. The van der Waals surface area contributed by atoms with Gasteiger partial charge in [0.05, 0.1) is 11.2 Å². The molecule has 1 spiro atoms. The van der Waals surface area contributed by atoms with Crippen LogP contribution in [-0.4, -0.2) is 22.8 Å². The van der Waals surface area contributed by atoms with Gasteiger partial charge in [0.2, 0.25) is 0 Å². The summed E-state index contributed by atoms with van der Waals surface area (Å²) in [5.41, 5.74) is 2.34. The first kappa shape index (κ1) is 11.5. The van der Waals surface area contributed by atoms with Crippen molar-refractivity contribution in [3.63, 3.8) is 0 Å². The van der Waals surface area contributed by atoms with E-state index in [0.29, 0.717) is 6.42 Å². The molecule has 3 saturated carbocycles. The largest absolute Gasteiger partial charge is 0.458 e. The molecule has 3 aliphatic carbocycles. The molecule has 0 unspecified atom stereocenters. The molecule has 1 aromatic carbocycles. The summed E-state index contributed by atoms with van der Waals surface area (Å²) < 4.78 is 5.66. The molecule has 1 aromatic rings. The molecule has 4 aliphatic rings. The van der Waals surface area contributed by atoms with Gasteiger partial charge in [0.25, 0.3) is 0 Å². The number of esters is 1. The van der Waals surface area contributed by atoms with Crippen LogP contribution in [0.5, 0.6) is 0 Å². The topological polar surface area (TPSA) is 46.5 Å². The maximum absolute atomic E-state index is 12.2. The second-order valence-corrected chi connectivity index (χ2v) is 6.53. The maximum atomic E-state index is 12.2. The van der Waals surface area contributed by atoms with Gasteiger partial charge in [-0.05, 0) is 44.2 Å². The van der Waals surface area contributed by atoms with Gasteiger partial charge in [0.15, 0.2) is 0 Å². The van der Waals surface area contributed by atoms with E-state index in [1.807, 2.05) is 13.0 Å². The summed E-state index contributed by atoms with van der Waals surface area (Å²) in [4.78, 5) is 12.2. The summed E-state index contributed by atoms with van der Waals surface area (Å²) >= 11 is 0. The second kappa shape index (κ2) is 3.40. The summed E-state index contributed by atoms with van der Waals surface area (Å²) in [5.74, 6) is -0.217. The van der Waals surface area contributed by atoms with Crippen molar-refractivity contribution in [2.75, 3.05) is 0 Å². The van der Waals surface area contributed by atoms with Gasteiger partial charge >= 0.3 is 5.97 Å². The van der Waals surface area contributed by atoms with Crippen LogP contribution < -0.4 is 0 Å². The van der Waals surface area contributed by atoms with Gasteiger partial charge in [0.1, 0.15) is 6.10 Å². The minimum absolute atomic E-state index is 0.0403. The van der Waals surface area contributed by atoms with Crippen molar-refractivity contribution in [3.05, 3.63) is 34.9 Å². The van der Waals surface area contributed by atoms with Crippen molar-refractivity contribution in [2.45, 2.75) is 56.1 Å². The number of carbonyl (C=O) groups is 1. The van der Waals surface area contributed by atoms with Crippen LogP contribution in [0.3, 0.4) is 0 Å². The predicted molar refractivity (Wildman–Crippen MR) is 70.1 cm³/mol. The summed E-state index contributed by atoms with van der Waals surface area (Å²) in [5, 5.41) is 10.4. The minimum atomic E-state index is -0.602. The Morgan fingerprint density at radius 1 is 1.26 bits per heavy atom. The molecule has 1 N–H and O–H groups in total. The smallest absolute Gasteiger partial charge is 0.338 e. The molecular weight excluding hydrogens is 240 g/mol. The molecule has 5 rings (SSSR count). The fourth-order valence-electron chi connectivity index (χ4n) is 4.28. The van der Waals surface area contributed by atoms with E-state index >= 15 is 0 Å². The fourth-order valence-corrected chi connectivity index (χ4v) is 4.28. The quantitative estimate of drug-likeness (QED) is 0.727. The third kappa shape index (κ3) is 1.39. The van der Waals surface area contributed by atoms with Crippen molar-refractivity contribution in [1.29, 1.82) is 0 Å². The molecule has 3 fully saturated rings. The zero-order valence-corrected chi connectivity index (χ0v) is 11.1. The zero-order valence-electron chi connectivity index (χ0n) is 11.1. The molecule has 0 radical (unpaired) electrons. The van der Waals surface area contributed by atoms with Gasteiger partial charge in [-0.25, -0.2) is 4.79 Å². The van der Waals surface area contributed by atoms with E-state index in [1.165, 1.54) is 0 Å². The van der Waals surface area contributed by atoms with Crippen molar-refractivity contribution < 1.29 is 14.6 Å². The number of fused-ring (bicyclic) bond motifs is 3. The van der Waals surface area contributed by atoms with Crippen molar-refractivity contribution in [3.8, 4) is 0 Å². The summed E-state index contributed by atoms with van der Waals surface area (Å²) in [6.07, 6.45) is 3.98. The number of ether oxygens (including phenoxy) is 1. The van der Waals surface area contributed by atoms with Crippen LogP contribution in [0.2, 0.25) is 0 Å². The van der Waals surface area contributed by atoms with E-state index < -0.39 is 5.60 Å². The first-order chi connectivity index (χ1) is 9.02. The van der Waals surface area contributed by atoms with Crippen LogP contribution in [0, 0.1) is 6.92 Å². The van der Waals surface area contributed by atoms with E-state index in [4.69, 9.17) is 4.74 Å². The van der Waals surface area contributed by atoms with E-state index in [1.54, 1.807) is 0 Å². The van der Waals surface area contributed by atoms with Crippen LogP contribution in [-0.2, 0) is 10.2 Å². The number of hydrogen-bond acceptors (Lipinski definition) is 3. The Labute approximate surface area is 112 Å². The number of benzene rings is 1. The van der Waals surface area contributed by atoms with Gasteiger partial charge < -0.3 is 9.84 Å². The van der Waals surface area contributed by atoms with Crippen molar-refractivity contribution >= 4 is 5.97 Å². The highest BCUT2D eigenvalue weighted by molar-refractivity contribution is 5.93. The number of aryl methyl sites for hydroxylation is 1. The van der Waals surface area contributed by atoms with E-state index in [9.17, 15) is 9.90 Å². The Morgan fingerprint density at radius 2 is 2.00 bits per heavy atom. The third-order valence-corrected chi connectivity index (χ3v) is 5.44. The van der Waals surface area contributed by atoms with Crippen molar-refractivity contribution in [2.24, 2.45) is 0 Å². The van der Waals surface area contributed by atoms with Gasteiger partial charge in [-0.3, -0.25) is 0 Å². The Hall–Kier alpha value is -1.35. The molecule has 1 aliphatic heterocycles. The summed E-state index contributed by atoms with van der Waals surface area (Å²) in [6.45, 7) is 2.00. The lowest BCUT2D eigenvalue weighted by atomic mass is 9.53. The average molecular weight is 258 g/mol. The molecular formula is C16H18O3. The predicted octanol–water partition coefficient (Wildman–Crippen LogP) is 2.48. The molecule has 3 heteroatoms. The van der Waals surface area contributed by atoms with E-state index in [2.05, 4.69) is 12.1 Å². The number of rotatable bonds is 0. The summed E-state index contributed by atoms with van der Waals surface area (Å²) in [7, 11) is 0. The third-order valence-electron chi connectivity index (χ3n) is 5.44. The number of hydrogen-bond donors (Lipinski definition) is 1. The lowest BCUT2D eigenvalue weighted by molar-refractivity contribution is -0.137. The van der Waals surface area contributed by atoms with Crippen LogP contribution in [0.4, 0.5) is 0 Å². The fraction of sp³-hybridized carbons (Fsp3) is 0.562.